The maximum absolute atomic E-state index is 16.3. The summed E-state index contributed by atoms with van der Waals surface area (Å²) in [5.41, 5.74) is 6.26. The van der Waals surface area contributed by atoms with Gasteiger partial charge in [-0.2, -0.15) is 10.1 Å². The zero-order valence-electron chi connectivity index (χ0n) is 39.6. The summed E-state index contributed by atoms with van der Waals surface area (Å²) in [4.78, 5) is 68.5. The number of carbonyl (C=O) groups excluding carboxylic acids is 4. The fraction of sp³-hybridized carbons (Fsp3) is 0.314. The number of halogens is 2. The molecule has 6 aromatic rings. The van der Waals surface area contributed by atoms with Crippen molar-refractivity contribution in [3.63, 3.8) is 0 Å². The Labute approximate surface area is 418 Å². The molecule has 3 saturated heterocycles. The minimum absolute atomic E-state index is 0.0721. The molecule has 4 aliphatic heterocycles. The molecule has 366 valence electrons. The lowest BCUT2D eigenvalue weighted by molar-refractivity contribution is -0.136. The van der Waals surface area contributed by atoms with Gasteiger partial charge in [0.1, 0.15) is 30.6 Å². The van der Waals surface area contributed by atoms with Crippen molar-refractivity contribution in [1.29, 1.82) is 0 Å². The number of amides is 4. The van der Waals surface area contributed by atoms with Gasteiger partial charge in [-0.1, -0.05) is 30.3 Å². The Balaban J connectivity index is 0.822. The molecule has 3 fully saturated rings. The van der Waals surface area contributed by atoms with Gasteiger partial charge in [0.25, 0.3) is 11.8 Å². The fourth-order valence-corrected chi connectivity index (χ4v) is 11.7. The van der Waals surface area contributed by atoms with E-state index in [0.717, 1.165) is 79.6 Å². The van der Waals surface area contributed by atoms with Crippen LogP contribution in [0.15, 0.2) is 95.9 Å². The molecule has 1 unspecified atom stereocenters. The number of aryl methyl sites for hydroxylation is 1. The van der Waals surface area contributed by atoms with Crippen molar-refractivity contribution in [3.05, 3.63) is 113 Å². The number of hydrogen-bond acceptors (Lipinski definition) is 14. The number of piperazine rings is 1. The second kappa shape index (κ2) is 19.3. The highest BCUT2D eigenvalue weighted by molar-refractivity contribution is 9.10. The Kier molecular flexibility index (Phi) is 13.0. The van der Waals surface area contributed by atoms with E-state index in [2.05, 4.69) is 56.7 Å². The van der Waals surface area contributed by atoms with Crippen LogP contribution in [-0.4, -0.2) is 125 Å². The summed E-state index contributed by atoms with van der Waals surface area (Å²) >= 11 is 3.55. The lowest BCUT2D eigenvalue weighted by Gasteiger charge is -2.38. The Hall–Kier alpha value is -6.95. The van der Waals surface area contributed by atoms with Crippen LogP contribution in [0.4, 0.5) is 38.9 Å². The topological polar surface area (TPSA) is 187 Å². The minimum Gasteiger partial charge on any atom is -0.494 e. The van der Waals surface area contributed by atoms with Crippen molar-refractivity contribution < 1.29 is 32.9 Å². The zero-order chi connectivity index (χ0) is 49.7. The smallest absolute Gasteiger partial charge is 0.262 e. The van der Waals surface area contributed by atoms with Gasteiger partial charge in [0.2, 0.25) is 17.8 Å². The highest BCUT2D eigenvalue weighted by Crippen LogP contribution is 2.44. The average Bonchev–Trinajstić information content (AvgIpc) is 4.07. The zero-order valence-corrected chi connectivity index (χ0v) is 42.1. The van der Waals surface area contributed by atoms with Crippen LogP contribution in [0.5, 0.6) is 5.75 Å². The Bertz CT molecular complexity index is 3160. The third-order valence-corrected chi connectivity index (χ3v) is 15.7. The number of nitrogens with zero attached hydrogens (tertiary/aromatic N) is 8. The number of anilines is 6. The molecule has 20 heteroatoms. The molecule has 0 aliphatic carbocycles. The van der Waals surface area contributed by atoms with Gasteiger partial charge in [0, 0.05) is 106 Å². The molecule has 4 amide bonds. The van der Waals surface area contributed by atoms with Crippen LogP contribution in [-0.2, 0) is 21.2 Å². The third kappa shape index (κ3) is 9.53. The van der Waals surface area contributed by atoms with Crippen molar-refractivity contribution in [3.8, 4) is 28.0 Å². The van der Waals surface area contributed by atoms with Gasteiger partial charge in [0.15, 0.2) is 0 Å². The van der Waals surface area contributed by atoms with Gasteiger partial charge < -0.3 is 29.7 Å². The van der Waals surface area contributed by atoms with E-state index in [0.29, 0.717) is 44.5 Å². The normalized spacial score (nSPS) is 18.5. The highest BCUT2D eigenvalue weighted by Gasteiger charge is 2.45. The largest absolute Gasteiger partial charge is 0.494 e. The molecule has 3 N–H and O–H groups in total. The number of rotatable bonds is 13. The van der Waals surface area contributed by atoms with Crippen LogP contribution in [0, 0.1) is 11.7 Å². The Morgan fingerprint density at radius 1 is 0.831 bits per heavy atom. The third-order valence-electron chi connectivity index (χ3n) is 13.6. The molecule has 4 aromatic carbocycles. The van der Waals surface area contributed by atoms with Crippen LogP contribution >= 0.6 is 23.1 Å². The predicted octanol–water partition coefficient (Wildman–Crippen LogP) is 7.24. The van der Waals surface area contributed by atoms with Gasteiger partial charge in [-0.25, -0.2) is 9.37 Å². The fourth-order valence-electron chi connectivity index (χ4n) is 10.1. The number of imide groups is 2. The van der Waals surface area contributed by atoms with Crippen molar-refractivity contribution >= 4 is 86.5 Å². The van der Waals surface area contributed by atoms with Crippen molar-refractivity contribution in [2.45, 2.75) is 25.3 Å². The summed E-state index contributed by atoms with van der Waals surface area (Å²) in [6.45, 7) is 8.83. The summed E-state index contributed by atoms with van der Waals surface area (Å²) in [6, 6.07) is 20.9. The summed E-state index contributed by atoms with van der Waals surface area (Å²) < 4.78 is 38.2. The molecule has 0 saturated carbocycles. The number of hydrogen-bond donors (Lipinski definition) is 3. The lowest BCUT2D eigenvalue weighted by Crippen LogP contribution is -2.54. The van der Waals surface area contributed by atoms with Gasteiger partial charge in [-0.05, 0) is 90.0 Å². The average molecular weight is 1040 g/mol. The highest BCUT2D eigenvalue weighted by atomic mass is 79.9. The van der Waals surface area contributed by atoms with E-state index >= 15 is 4.39 Å². The van der Waals surface area contributed by atoms with E-state index in [-0.39, 0.29) is 35.2 Å². The van der Waals surface area contributed by atoms with Crippen LogP contribution < -0.4 is 35.8 Å². The van der Waals surface area contributed by atoms with Crippen LogP contribution in [0.2, 0.25) is 0 Å². The van der Waals surface area contributed by atoms with E-state index in [1.54, 1.807) is 55.6 Å². The molecule has 2 aromatic heterocycles. The summed E-state index contributed by atoms with van der Waals surface area (Å²) in [6.07, 6.45) is 6.56. The Morgan fingerprint density at radius 2 is 1.59 bits per heavy atom. The van der Waals surface area contributed by atoms with E-state index in [1.165, 1.54) is 0 Å². The van der Waals surface area contributed by atoms with Crippen molar-refractivity contribution in [2.24, 2.45) is 13.0 Å². The van der Waals surface area contributed by atoms with E-state index in [9.17, 15) is 23.7 Å². The minimum atomic E-state index is -3.13. The number of carbonyl (C=O) groups is 4. The molecule has 6 heterocycles. The molecular formula is C51H52BrFN11O6P. The number of benzene rings is 4. The first-order chi connectivity index (χ1) is 34.1. The number of methoxy groups -OCH3 is 1. The molecule has 0 bridgehead atoms. The van der Waals surface area contributed by atoms with Crippen LogP contribution in [0.25, 0.3) is 22.3 Å². The predicted molar refractivity (Wildman–Crippen MR) is 275 cm³/mol. The van der Waals surface area contributed by atoms with Gasteiger partial charge in [-0.3, -0.25) is 39.0 Å². The second-order valence-corrected chi connectivity index (χ2v) is 22.7. The van der Waals surface area contributed by atoms with E-state index in [4.69, 9.17) is 9.72 Å². The first-order valence-corrected chi connectivity index (χ1v) is 26.8. The van der Waals surface area contributed by atoms with Crippen LogP contribution in [0.3, 0.4) is 0 Å². The maximum atomic E-state index is 16.3. The first-order valence-electron chi connectivity index (χ1n) is 23.4. The van der Waals surface area contributed by atoms with Gasteiger partial charge in [0.05, 0.1) is 45.6 Å². The summed E-state index contributed by atoms with van der Waals surface area (Å²) in [7, 11) is 0.364. The molecule has 4 aliphatic rings. The number of nitrogens with one attached hydrogen (secondary N) is 3. The SMILES string of the molecule is COc1cc(N2CCN(C[C@H]3CCN(c4ccc5c(c4)C(=O)N(C4CCC(=O)NC4=O)C5=O)C3)CC2)c(-c2cnn(C)c2)cc1Nc1ncc(Br)c(Nc2ccc(-c3ccccc3)c(F)c2P(C)(C)=O)n1. The molecular weight excluding hydrogens is 993 g/mol. The Morgan fingerprint density at radius 3 is 2.31 bits per heavy atom. The van der Waals surface area contributed by atoms with E-state index in [1.807, 2.05) is 68.0 Å². The van der Waals surface area contributed by atoms with Gasteiger partial charge in [-0.15, -0.1) is 0 Å². The first kappa shape index (κ1) is 47.7. The molecule has 10 rings (SSSR count). The molecule has 0 spiro atoms. The number of ether oxygens (including phenoxy) is 1. The standard InChI is InChI=1S/C51H52BrFN11O6P/c1-60-29-32(25-55-60)36-23-40(57-51-54-26-38(52)47(59-51)56-39-13-12-34(31-8-6-5-7-9-31)45(53)46(39)71(3,4)69)43(70-2)24-42(36)62-20-18-61(19-21-62)27-30-16-17-63(28-30)33-10-11-35-37(22-33)50(68)64(49(35)67)41-14-15-44(65)58-48(41)66/h5-13,22-26,29-30,41H,14-21,27-28H2,1-4H3,(H,58,65,66)(H2,54,56,57,59)/t30-,41?/m1/s1. The van der Waals surface area contributed by atoms with Crippen LogP contribution in [0.1, 0.15) is 40.0 Å². The number of fused-ring (bicyclic) bond motifs is 1. The lowest BCUT2D eigenvalue weighted by atomic mass is 10.0. The number of aromatic nitrogens is 4. The molecule has 17 nitrogen and oxygen atoms in total. The number of piperidine rings is 1. The molecule has 71 heavy (non-hydrogen) atoms. The van der Waals surface area contributed by atoms with E-state index < -0.39 is 42.6 Å². The van der Waals surface area contributed by atoms with Crippen molar-refractivity contribution in [1.82, 2.24) is 34.9 Å². The summed E-state index contributed by atoms with van der Waals surface area (Å²) in [5, 5.41) is 13.4. The summed E-state index contributed by atoms with van der Waals surface area (Å²) in [5.74, 6) is -1.05. The van der Waals surface area contributed by atoms with Crippen molar-refractivity contribution in [2.75, 3.05) is 86.7 Å². The molecule has 2 atom stereocenters. The van der Waals surface area contributed by atoms with Gasteiger partial charge >= 0.3 is 0 Å². The monoisotopic (exact) mass is 1040 g/mol. The maximum Gasteiger partial charge on any atom is 0.262 e. The molecule has 0 radical (unpaired) electrons. The second-order valence-electron chi connectivity index (χ2n) is 18.7. The quantitative estimate of drug-likeness (QED) is 0.0776.